The fourth-order valence-electron chi connectivity index (χ4n) is 4.01. The van der Waals surface area contributed by atoms with Crippen LogP contribution in [0.4, 0.5) is 0 Å². The minimum Gasteiger partial charge on any atom is -0.345 e. The fourth-order valence-corrected chi connectivity index (χ4v) is 4.01. The second kappa shape index (κ2) is 9.38. The van der Waals surface area contributed by atoms with Crippen LogP contribution in [-0.4, -0.2) is 41.9 Å². The number of hydrogen-bond donors (Lipinski definition) is 2. The van der Waals surface area contributed by atoms with Crippen molar-refractivity contribution in [1.29, 1.82) is 0 Å². The Hall–Kier alpha value is -1.59. The SMILES string of the molecule is Cl.NC1(C(=O)NCC(=O)N2CCC(Cc3ccccc3)CC2)CCCC1. The van der Waals surface area contributed by atoms with Gasteiger partial charge < -0.3 is 16.0 Å². The molecule has 1 aliphatic heterocycles. The molecule has 144 valence electrons. The summed E-state index contributed by atoms with van der Waals surface area (Å²) in [5.74, 6) is 0.470. The normalized spacial score (nSPS) is 19.7. The largest absolute Gasteiger partial charge is 0.345 e. The molecule has 0 bridgehead atoms. The molecule has 1 heterocycles. The van der Waals surface area contributed by atoms with Gasteiger partial charge in [0.25, 0.3) is 0 Å². The molecule has 0 radical (unpaired) electrons. The van der Waals surface area contributed by atoms with Crippen LogP contribution in [0, 0.1) is 5.92 Å². The van der Waals surface area contributed by atoms with Crippen molar-refractivity contribution in [3.8, 4) is 0 Å². The number of piperidine rings is 1. The molecule has 2 amide bonds. The Balaban J connectivity index is 0.00000243. The van der Waals surface area contributed by atoms with Gasteiger partial charge in [0.05, 0.1) is 12.1 Å². The smallest absolute Gasteiger partial charge is 0.241 e. The zero-order chi connectivity index (χ0) is 17.7. The third-order valence-corrected chi connectivity index (χ3v) is 5.68. The minimum atomic E-state index is -0.761. The average molecular weight is 380 g/mol. The Labute approximate surface area is 162 Å². The van der Waals surface area contributed by atoms with Crippen molar-refractivity contribution in [2.75, 3.05) is 19.6 Å². The summed E-state index contributed by atoms with van der Waals surface area (Å²) in [5.41, 5.74) is 6.73. The summed E-state index contributed by atoms with van der Waals surface area (Å²) in [5, 5.41) is 2.76. The summed E-state index contributed by atoms with van der Waals surface area (Å²) < 4.78 is 0. The molecule has 1 aromatic rings. The number of nitrogens with one attached hydrogen (secondary N) is 1. The fraction of sp³-hybridized carbons (Fsp3) is 0.600. The van der Waals surface area contributed by atoms with Gasteiger partial charge in [0, 0.05) is 13.1 Å². The maximum Gasteiger partial charge on any atom is 0.241 e. The number of carbonyl (C=O) groups excluding carboxylic acids is 2. The first-order valence-corrected chi connectivity index (χ1v) is 9.46. The van der Waals surface area contributed by atoms with Gasteiger partial charge in [0.2, 0.25) is 11.8 Å². The van der Waals surface area contributed by atoms with E-state index in [4.69, 9.17) is 5.73 Å². The number of hydrogen-bond acceptors (Lipinski definition) is 3. The third-order valence-electron chi connectivity index (χ3n) is 5.68. The van der Waals surface area contributed by atoms with Crippen LogP contribution in [0.1, 0.15) is 44.1 Å². The first-order chi connectivity index (χ1) is 12.1. The highest BCUT2D eigenvalue weighted by Gasteiger charge is 2.37. The lowest BCUT2D eigenvalue weighted by atomic mass is 9.90. The van der Waals surface area contributed by atoms with E-state index >= 15 is 0 Å². The van der Waals surface area contributed by atoms with Crippen LogP contribution in [0.3, 0.4) is 0 Å². The van der Waals surface area contributed by atoms with E-state index < -0.39 is 5.54 Å². The molecule has 0 unspecified atom stereocenters. The molecule has 1 aliphatic carbocycles. The molecule has 0 aromatic heterocycles. The number of likely N-dealkylation sites (tertiary alicyclic amines) is 1. The first kappa shape index (κ1) is 20.7. The second-order valence-corrected chi connectivity index (χ2v) is 7.56. The second-order valence-electron chi connectivity index (χ2n) is 7.56. The van der Waals surface area contributed by atoms with Gasteiger partial charge in [-0.2, -0.15) is 0 Å². The molecule has 3 rings (SSSR count). The molecule has 1 aromatic carbocycles. The molecule has 2 aliphatic rings. The van der Waals surface area contributed by atoms with E-state index in [0.29, 0.717) is 5.92 Å². The Bertz CT molecular complexity index is 594. The zero-order valence-corrected chi connectivity index (χ0v) is 16.1. The summed E-state index contributed by atoms with van der Waals surface area (Å²) in [6.07, 6.45) is 6.55. The third kappa shape index (κ3) is 5.21. The van der Waals surface area contributed by atoms with E-state index in [-0.39, 0.29) is 30.8 Å². The maximum absolute atomic E-state index is 12.4. The number of rotatable bonds is 5. The molecule has 6 heteroatoms. The number of nitrogens with two attached hydrogens (primary N) is 1. The lowest BCUT2D eigenvalue weighted by Gasteiger charge is -2.32. The lowest BCUT2D eigenvalue weighted by molar-refractivity contribution is -0.135. The van der Waals surface area contributed by atoms with Crippen molar-refractivity contribution in [2.24, 2.45) is 11.7 Å². The van der Waals surface area contributed by atoms with Gasteiger partial charge in [0.15, 0.2) is 0 Å². The highest BCUT2D eigenvalue weighted by atomic mass is 35.5. The van der Waals surface area contributed by atoms with Crippen molar-refractivity contribution in [1.82, 2.24) is 10.2 Å². The summed E-state index contributed by atoms with van der Waals surface area (Å²) in [6, 6.07) is 10.5. The minimum absolute atomic E-state index is 0. The van der Waals surface area contributed by atoms with E-state index in [2.05, 4.69) is 29.6 Å². The molecule has 3 N–H and O–H groups in total. The van der Waals surface area contributed by atoms with Crippen LogP contribution in [0.15, 0.2) is 30.3 Å². The van der Waals surface area contributed by atoms with Crippen molar-refractivity contribution >= 4 is 24.2 Å². The van der Waals surface area contributed by atoms with Crippen molar-refractivity contribution in [3.05, 3.63) is 35.9 Å². The summed E-state index contributed by atoms with van der Waals surface area (Å²) in [6.45, 7) is 1.63. The van der Waals surface area contributed by atoms with Crippen molar-refractivity contribution < 1.29 is 9.59 Å². The Morgan fingerprint density at radius 2 is 1.73 bits per heavy atom. The quantitative estimate of drug-likeness (QED) is 0.824. The van der Waals surface area contributed by atoms with Crippen LogP contribution in [0.25, 0.3) is 0 Å². The van der Waals surface area contributed by atoms with Gasteiger partial charge in [-0.3, -0.25) is 9.59 Å². The van der Waals surface area contributed by atoms with Crippen molar-refractivity contribution in [3.63, 3.8) is 0 Å². The number of halogens is 1. The molecule has 1 saturated heterocycles. The highest BCUT2D eigenvalue weighted by Crippen LogP contribution is 2.27. The molecular formula is C20H30ClN3O2. The van der Waals surface area contributed by atoms with Gasteiger partial charge in [-0.05, 0) is 43.6 Å². The van der Waals surface area contributed by atoms with Crippen LogP contribution in [0.5, 0.6) is 0 Å². The van der Waals surface area contributed by atoms with Crippen LogP contribution < -0.4 is 11.1 Å². The monoisotopic (exact) mass is 379 g/mol. The maximum atomic E-state index is 12.4. The molecule has 1 saturated carbocycles. The van der Waals surface area contributed by atoms with E-state index in [9.17, 15) is 9.59 Å². The molecule has 2 fully saturated rings. The topological polar surface area (TPSA) is 75.4 Å². The predicted octanol–water partition coefficient (Wildman–Crippen LogP) is 2.28. The molecule has 26 heavy (non-hydrogen) atoms. The zero-order valence-electron chi connectivity index (χ0n) is 15.3. The Morgan fingerprint density at radius 1 is 1.12 bits per heavy atom. The first-order valence-electron chi connectivity index (χ1n) is 9.46. The summed E-state index contributed by atoms with van der Waals surface area (Å²) >= 11 is 0. The van der Waals surface area contributed by atoms with Gasteiger partial charge in [0.1, 0.15) is 0 Å². The standard InChI is InChI=1S/C20H29N3O2.ClH/c21-20(10-4-5-11-20)19(25)22-15-18(24)23-12-8-17(9-13-23)14-16-6-2-1-3-7-16;/h1-3,6-7,17H,4-5,8-15,21H2,(H,22,25);1H. The Morgan fingerprint density at radius 3 is 2.35 bits per heavy atom. The molecule has 5 nitrogen and oxygen atoms in total. The number of amides is 2. The summed E-state index contributed by atoms with van der Waals surface area (Å²) in [4.78, 5) is 26.4. The van der Waals surface area contributed by atoms with E-state index in [0.717, 1.165) is 58.0 Å². The molecule has 0 spiro atoms. The molecule has 0 atom stereocenters. The number of carbonyl (C=O) groups is 2. The number of benzene rings is 1. The van der Waals surface area contributed by atoms with Gasteiger partial charge in [-0.1, -0.05) is 43.2 Å². The van der Waals surface area contributed by atoms with Crippen LogP contribution in [-0.2, 0) is 16.0 Å². The van der Waals surface area contributed by atoms with Gasteiger partial charge in [-0.25, -0.2) is 0 Å². The van der Waals surface area contributed by atoms with Crippen molar-refractivity contribution in [2.45, 2.75) is 50.5 Å². The average Bonchev–Trinajstić information content (AvgIpc) is 3.09. The lowest BCUT2D eigenvalue weighted by Crippen LogP contribution is -2.54. The summed E-state index contributed by atoms with van der Waals surface area (Å²) in [7, 11) is 0. The van der Waals surface area contributed by atoms with Crippen LogP contribution >= 0.6 is 12.4 Å². The van der Waals surface area contributed by atoms with E-state index in [1.54, 1.807) is 0 Å². The van der Waals surface area contributed by atoms with Gasteiger partial charge >= 0.3 is 0 Å². The highest BCUT2D eigenvalue weighted by molar-refractivity contribution is 5.90. The molecular weight excluding hydrogens is 350 g/mol. The van der Waals surface area contributed by atoms with Gasteiger partial charge in [-0.15, -0.1) is 12.4 Å². The Kier molecular flexibility index (Phi) is 7.47. The van der Waals surface area contributed by atoms with E-state index in [1.807, 2.05) is 11.0 Å². The van der Waals surface area contributed by atoms with Crippen LogP contribution in [0.2, 0.25) is 0 Å². The number of nitrogens with zero attached hydrogens (tertiary/aromatic N) is 1. The van der Waals surface area contributed by atoms with E-state index in [1.165, 1.54) is 5.56 Å². The predicted molar refractivity (Wildman–Crippen MR) is 105 cm³/mol.